The summed E-state index contributed by atoms with van der Waals surface area (Å²) in [5.74, 6) is -0.352. The van der Waals surface area contributed by atoms with Crippen molar-refractivity contribution in [2.45, 2.75) is 70.5 Å². The predicted molar refractivity (Wildman–Crippen MR) is 136 cm³/mol. The molecule has 7 nitrogen and oxygen atoms in total. The standard InChI is InChI=1S/C28H35F3N2O5/c1-4-23(5-2)38-25(26(34)35)16-19-8-12-24(13-9-19)37-15-14-22-18-33(27(36)32(22)3)17-20-6-10-21(11-7-20)28(29,30)31/h6-13,22-23,25H,4-5,14-18H2,1-3H3,(H,34,35)/t22-,25-/m0/s1. The second-order valence-electron chi connectivity index (χ2n) is 9.51. The van der Waals surface area contributed by atoms with Crippen LogP contribution in [0.3, 0.4) is 0 Å². The fourth-order valence-corrected chi connectivity index (χ4v) is 4.43. The maximum absolute atomic E-state index is 12.8. The van der Waals surface area contributed by atoms with E-state index in [0.29, 0.717) is 30.9 Å². The molecule has 0 spiro atoms. The van der Waals surface area contributed by atoms with Crippen LogP contribution in [0.5, 0.6) is 5.75 Å². The summed E-state index contributed by atoms with van der Waals surface area (Å²) in [5.41, 5.74) is 0.744. The van der Waals surface area contributed by atoms with Gasteiger partial charge in [-0.3, -0.25) is 0 Å². The first-order valence-corrected chi connectivity index (χ1v) is 12.8. The molecule has 0 saturated carbocycles. The van der Waals surface area contributed by atoms with Crippen molar-refractivity contribution in [1.29, 1.82) is 0 Å². The number of alkyl halides is 3. The van der Waals surface area contributed by atoms with Gasteiger partial charge in [-0.1, -0.05) is 38.1 Å². The third kappa shape index (κ3) is 7.86. The molecule has 2 aromatic carbocycles. The molecule has 1 saturated heterocycles. The first-order chi connectivity index (χ1) is 18.0. The predicted octanol–water partition coefficient (Wildman–Crippen LogP) is 5.61. The molecule has 1 heterocycles. The van der Waals surface area contributed by atoms with Crippen molar-refractivity contribution in [2.24, 2.45) is 0 Å². The molecule has 38 heavy (non-hydrogen) atoms. The van der Waals surface area contributed by atoms with Crippen LogP contribution in [-0.2, 0) is 28.7 Å². The minimum atomic E-state index is -4.39. The van der Waals surface area contributed by atoms with Crippen LogP contribution in [0.2, 0.25) is 0 Å². The number of amides is 2. The van der Waals surface area contributed by atoms with E-state index >= 15 is 0 Å². The summed E-state index contributed by atoms with van der Waals surface area (Å²) in [5, 5.41) is 9.51. The van der Waals surface area contributed by atoms with Gasteiger partial charge in [0.05, 0.1) is 24.3 Å². The molecule has 2 atom stereocenters. The number of hydrogen-bond acceptors (Lipinski definition) is 4. The van der Waals surface area contributed by atoms with E-state index in [2.05, 4.69) is 0 Å². The summed E-state index contributed by atoms with van der Waals surface area (Å²) < 4.78 is 49.9. The molecule has 1 N–H and O–H groups in total. The highest BCUT2D eigenvalue weighted by atomic mass is 19.4. The van der Waals surface area contributed by atoms with E-state index in [1.54, 1.807) is 29.0 Å². The Morgan fingerprint density at radius 3 is 2.21 bits per heavy atom. The van der Waals surface area contributed by atoms with Crippen molar-refractivity contribution >= 4 is 12.0 Å². The number of urea groups is 1. The van der Waals surface area contributed by atoms with Crippen LogP contribution in [0.4, 0.5) is 18.0 Å². The molecule has 0 aromatic heterocycles. The average Bonchev–Trinajstić information content (AvgIpc) is 3.14. The van der Waals surface area contributed by atoms with E-state index in [1.807, 2.05) is 26.0 Å². The quantitative estimate of drug-likeness (QED) is 0.360. The fourth-order valence-electron chi connectivity index (χ4n) is 4.43. The average molecular weight is 537 g/mol. The highest BCUT2D eigenvalue weighted by molar-refractivity contribution is 5.77. The maximum atomic E-state index is 12.8. The van der Waals surface area contributed by atoms with E-state index in [4.69, 9.17) is 9.47 Å². The Bertz CT molecular complexity index is 1060. The van der Waals surface area contributed by atoms with Gasteiger partial charge >= 0.3 is 18.2 Å². The number of carbonyl (C=O) groups excluding carboxylic acids is 1. The minimum Gasteiger partial charge on any atom is -0.494 e. The Balaban J connectivity index is 1.48. The number of carbonyl (C=O) groups is 2. The van der Waals surface area contributed by atoms with Gasteiger partial charge in [0.15, 0.2) is 6.10 Å². The van der Waals surface area contributed by atoms with E-state index in [-0.39, 0.29) is 31.1 Å². The number of halogens is 3. The first kappa shape index (κ1) is 29.3. The number of likely N-dealkylation sites (N-methyl/N-ethyl adjacent to an activating group) is 1. The molecular weight excluding hydrogens is 501 g/mol. The summed E-state index contributed by atoms with van der Waals surface area (Å²) in [7, 11) is 1.71. The summed E-state index contributed by atoms with van der Waals surface area (Å²) in [4.78, 5) is 27.5. The molecule has 3 rings (SSSR count). The van der Waals surface area contributed by atoms with Gasteiger partial charge in [0.2, 0.25) is 0 Å². The molecule has 208 valence electrons. The monoisotopic (exact) mass is 536 g/mol. The molecule has 0 aliphatic carbocycles. The molecule has 2 amide bonds. The Morgan fingerprint density at radius 1 is 1.05 bits per heavy atom. The zero-order valence-corrected chi connectivity index (χ0v) is 21.9. The number of nitrogens with zero attached hydrogens (tertiary/aromatic N) is 2. The topological polar surface area (TPSA) is 79.3 Å². The summed E-state index contributed by atoms with van der Waals surface area (Å²) >= 11 is 0. The number of aliphatic carboxylic acids is 1. The molecule has 1 aliphatic rings. The lowest BCUT2D eigenvalue weighted by Crippen LogP contribution is -2.31. The third-order valence-corrected chi connectivity index (χ3v) is 6.81. The number of hydrogen-bond donors (Lipinski definition) is 1. The van der Waals surface area contributed by atoms with E-state index in [0.717, 1.165) is 30.5 Å². The smallest absolute Gasteiger partial charge is 0.416 e. The van der Waals surface area contributed by atoms with E-state index < -0.39 is 23.8 Å². The zero-order chi connectivity index (χ0) is 27.9. The van der Waals surface area contributed by atoms with Crippen molar-refractivity contribution in [3.63, 3.8) is 0 Å². The second-order valence-corrected chi connectivity index (χ2v) is 9.51. The SMILES string of the molecule is CCC(CC)O[C@@H](Cc1ccc(OCC[C@H]2CN(Cc3ccc(C(F)(F)F)cc3)C(=O)N2C)cc1)C(=O)O. The number of benzene rings is 2. The van der Waals surface area contributed by atoms with E-state index in [1.165, 1.54) is 12.1 Å². The van der Waals surface area contributed by atoms with Crippen LogP contribution in [0, 0.1) is 0 Å². The van der Waals surface area contributed by atoms with Crippen LogP contribution < -0.4 is 4.74 Å². The number of rotatable bonds is 13. The van der Waals surface area contributed by atoms with Gasteiger partial charge in [-0.25, -0.2) is 9.59 Å². The number of ether oxygens (including phenoxy) is 2. The van der Waals surface area contributed by atoms with Crippen LogP contribution >= 0.6 is 0 Å². The normalized spacial score (nSPS) is 16.8. The summed E-state index contributed by atoms with van der Waals surface area (Å²) in [6, 6.07) is 11.8. The fraction of sp³-hybridized carbons (Fsp3) is 0.500. The van der Waals surface area contributed by atoms with Gasteiger partial charge in [-0.2, -0.15) is 13.2 Å². The Hall–Kier alpha value is -3.27. The zero-order valence-electron chi connectivity index (χ0n) is 21.9. The molecule has 0 radical (unpaired) electrons. The van der Waals surface area contributed by atoms with Crippen molar-refractivity contribution in [2.75, 3.05) is 20.2 Å². The lowest BCUT2D eigenvalue weighted by Gasteiger charge is -2.20. The van der Waals surface area contributed by atoms with Crippen LogP contribution in [0.15, 0.2) is 48.5 Å². The van der Waals surface area contributed by atoms with Crippen LogP contribution in [0.25, 0.3) is 0 Å². The molecule has 1 aliphatic heterocycles. The minimum absolute atomic E-state index is 0.0882. The van der Waals surface area contributed by atoms with Crippen LogP contribution in [0.1, 0.15) is 49.8 Å². The van der Waals surface area contributed by atoms with Gasteiger partial charge < -0.3 is 24.4 Å². The second kappa shape index (κ2) is 13.0. The number of carboxylic acids is 1. The highest BCUT2D eigenvalue weighted by Crippen LogP contribution is 2.29. The Kier molecular flexibility index (Phi) is 10.0. The van der Waals surface area contributed by atoms with Gasteiger partial charge in [-0.05, 0) is 48.2 Å². The van der Waals surface area contributed by atoms with Crippen molar-refractivity contribution in [3.05, 3.63) is 65.2 Å². The van der Waals surface area contributed by atoms with Gasteiger partial charge in [-0.15, -0.1) is 0 Å². The lowest BCUT2D eigenvalue weighted by atomic mass is 10.1. The summed E-state index contributed by atoms with van der Waals surface area (Å²) in [6.45, 7) is 4.99. The lowest BCUT2D eigenvalue weighted by molar-refractivity contribution is -0.154. The maximum Gasteiger partial charge on any atom is 0.416 e. The van der Waals surface area contributed by atoms with Crippen molar-refractivity contribution < 1.29 is 37.3 Å². The van der Waals surface area contributed by atoms with Crippen molar-refractivity contribution in [1.82, 2.24) is 9.80 Å². The largest absolute Gasteiger partial charge is 0.494 e. The third-order valence-electron chi connectivity index (χ3n) is 6.81. The summed E-state index contributed by atoms with van der Waals surface area (Å²) in [6.07, 6.45) is -3.05. The molecular formula is C28H35F3N2O5. The molecule has 1 fully saturated rings. The van der Waals surface area contributed by atoms with Gasteiger partial charge in [0.25, 0.3) is 0 Å². The van der Waals surface area contributed by atoms with E-state index in [9.17, 15) is 27.9 Å². The first-order valence-electron chi connectivity index (χ1n) is 12.8. The molecule has 0 unspecified atom stereocenters. The van der Waals surface area contributed by atoms with Gasteiger partial charge in [0.1, 0.15) is 5.75 Å². The molecule has 10 heteroatoms. The molecule has 0 bridgehead atoms. The number of carboxylic acid groups (broad SMARTS) is 1. The Morgan fingerprint density at radius 2 is 1.66 bits per heavy atom. The molecule has 2 aromatic rings. The Labute approximate surface area is 221 Å². The van der Waals surface area contributed by atoms with Gasteiger partial charge in [0, 0.05) is 33.0 Å². The van der Waals surface area contributed by atoms with Crippen molar-refractivity contribution in [3.8, 4) is 5.75 Å². The highest BCUT2D eigenvalue weighted by Gasteiger charge is 2.35. The van der Waals surface area contributed by atoms with Crippen LogP contribution in [-0.4, -0.2) is 65.4 Å².